The standard InChI is InChI=1S/C19H31NO3/c1-5-6-8-13-16(20-18(22)23-19(2,3)4)14-17(21)15-11-9-7-10-12-15/h7,9-12,16-17,21H,5-6,8,13-14H2,1-4H3,(H,20,22). The lowest BCUT2D eigenvalue weighted by molar-refractivity contribution is 0.0478. The fourth-order valence-electron chi connectivity index (χ4n) is 2.44. The van der Waals surface area contributed by atoms with Crippen LogP contribution >= 0.6 is 0 Å². The Labute approximate surface area is 140 Å². The Kier molecular flexibility index (Phi) is 8.10. The highest BCUT2D eigenvalue weighted by Crippen LogP contribution is 2.21. The van der Waals surface area contributed by atoms with Crippen molar-refractivity contribution in [2.45, 2.75) is 77.5 Å². The maximum atomic E-state index is 12.0. The Morgan fingerprint density at radius 1 is 1.22 bits per heavy atom. The first-order valence-electron chi connectivity index (χ1n) is 8.54. The van der Waals surface area contributed by atoms with E-state index in [2.05, 4.69) is 12.2 Å². The van der Waals surface area contributed by atoms with Gasteiger partial charge in [-0.25, -0.2) is 4.79 Å². The largest absolute Gasteiger partial charge is 0.444 e. The molecule has 1 aromatic rings. The Morgan fingerprint density at radius 2 is 1.87 bits per heavy atom. The number of unbranched alkanes of at least 4 members (excludes halogenated alkanes) is 2. The molecule has 0 radical (unpaired) electrons. The van der Waals surface area contributed by atoms with E-state index in [4.69, 9.17) is 4.74 Å². The molecule has 130 valence electrons. The number of carbonyl (C=O) groups excluding carboxylic acids is 1. The number of alkyl carbamates (subject to hydrolysis) is 1. The normalized spacial score (nSPS) is 14.1. The van der Waals surface area contributed by atoms with Gasteiger partial charge in [0.2, 0.25) is 0 Å². The van der Waals surface area contributed by atoms with Crippen molar-refractivity contribution in [3.05, 3.63) is 35.9 Å². The SMILES string of the molecule is CCCCCC(CC(O)c1ccccc1)NC(=O)OC(C)(C)C. The van der Waals surface area contributed by atoms with Crippen molar-refractivity contribution < 1.29 is 14.6 Å². The van der Waals surface area contributed by atoms with E-state index in [1.165, 1.54) is 0 Å². The van der Waals surface area contributed by atoms with E-state index in [0.29, 0.717) is 6.42 Å². The van der Waals surface area contributed by atoms with Gasteiger partial charge in [0.15, 0.2) is 0 Å². The van der Waals surface area contributed by atoms with Crippen LogP contribution in [0.5, 0.6) is 0 Å². The van der Waals surface area contributed by atoms with Crippen LogP contribution in [0.1, 0.15) is 71.5 Å². The lowest BCUT2D eigenvalue weighted by atomic mass is 9.98. The van der Waals surface area contributed by atoms with E-state index >= 15 is 0 Å². The van der Waals surface area contributed by atoms with Crippen LogP contribution in [-0.2, 0) is 4.74 Å². The van der Waals surface area contributed by atoms with E-state index < -0.39 is 17.8 Å². The van der Waals surface area contributed by atoms with Gasteiger partial charge in [0.25, 0.3) is 0 Å². The lowest BCUT2D eigenvalue weighted by Crippen LogP contribution is -2.40. The maximum Gasteiger partial charge on any atom is 0.407 e. The minimum absolute atomic E-state index is 0.0911. The third-order valence-corrected chi connectivity index (χ3v) is 3.57. The summed E-state index contributed by atoms with van der Waals surface area (Å²) in [5.41, 5.74) is 0.356. The fourth-order valence-corrected chi connectivity index (χ4v) is 2.44. The van der Waals surface area contributed by atoms with Crippen molar-refractivity contribution in [3.63, 3.8) is 0 Å². The molecule has 1 aromatic carbocycles. The number of ether oxygens (including phenoxy) is 1. The molecule has 0 fully saturated rings. The summed E-state index contributed by atoms with van der Waals surface area (Å²) in [7, 11) is 0. The number of benzene rings is 1. The molecule has 1 rings (SSSR count). The van der Waals surface area contributed by atoms with Crippen molar-refractivity contribution in [2.75, 3.05) is 0 Å². The fraction of sp³-hybridized carbons (Fsp3) is 0.632. The van der Waals surface area contributed by atoms with Crippen LogP contribution in [-0.4, -0.2) is 22.8 Å². The third kappa shape index (κ3) is 8.60. The van der Waals surface area contributed by atoms with Gasteiger partial charge in [-0.15, -0.1) is 0 Å². The molecule has 0 aliphatic heterocycles. The minimum Gasteiger partial charge on any atom is -0.444 e. The second kappa shape index (κ2) is 9.56. The number of aliphatic hydroxyl groups is 1. The molecule has 2 atom stereocenters. The molecule has 0 heterocycles. The molecule has 4 nitrogen and oxygen atoms in total. The summed E-state index contributed by atoms with van der Waals surface area (Å²) in [5, 5.41) is 13.3. The second-order valence-corrected chi connectivity index (χ2v) is 7.00. The van der Waals surface area contributed by atoms with Gasteiger partial charge in [-0.3, -0.25) is 0 Å². The van der Waals surface area contributed by atoms with Crippen LogP contribution in [0.25, 0.3) is 0 Å². The summed E-state index contributed by atoms with van der Waals surface area (Å²) in [6, 6.07) is 9.46. The van der Waals surface area contributed by atoms with Crippen molar-refractivity contribution in [2.24, 2.45) is 0 Å². The van der Waals surface area contributed by atoms with Gasteiger partial charge in [0.1, 0.15) is 5.60 Å². The van der Waals surface area contributed by atoms with Crippen LogP contribution in [0.15, 0.2) is 30.3 Å². The van der Waals surface area contributed by atoms with E-state index in [1.54, 1.807) is 0 Å². The quantitative estimate of drug-likeness (QED) is 0.689. The molecule has 23 heavy (non-hydrogen) atoms. The first kappa shape index (κ1) is 19.5. The average molecular weight is 321 g/mol. The van der Waals surface area contributed by atoms with Gasteiger partial charge in [0, 0.05) is 6.04 Å². The molecule has 0 saturated heterocycles. The Balaban J connectivity index is 2.62. The highest BCUT2D eigenvalue weighted by molar-refractivity contribution is 5.68. The average Bonchev–Trinajstić information content (AvgIpc) is 2.46. The maximum absolute atomic E-state index is 12.0. The summed E-state index contributed by atoms with van der Waals surface area (Å²) < 4.78 is 5.33. The highest BCUT2D eigenvalue weighted by Gasteiger charge is 2.21. The molecule has 1 amide bonds. The Hall–Kier alpha value is -1.55. The summed E-state index contributed by atoms with van der Waals surface area (Å²) in [6.45, 7) is 7.68. The highest BCUT2D eigenvalue weighted by atomic mass is 16.6. The summed E-state index contributed by atoms with van der Waals surface area (Å²) in [5.74, 6) is 0. The molecule has 2 unspecified atom stereocenters. The van der Waals surface area contributed by atoms with Gasteiger partial charge >= 0.3 is 6.09 Å². The number of carbonyl (C=O) groups is 1. The zero-order valence-corrected chi connectivity index (χ0v) is 14.8. The van der Waals surface area contributed by atoms with Crippen LogP contribution in [0.4, 0.5) is 4.79 Å². The molecular weight excluding hydrogens is 290 g/mol. The van der Waals surface area contributed by atoms with E-state index in [1.807, 2.05) is 51.1 Å². The predicted molar refractivity (Wildman–Crippen MR) is 93.3 cm³/mol. The first-order chi connectivity index (χ1) is 10.8. The molecule has 4 heteroatoms. The summed E-state index contributed by atoms with van der Waals surface area (Å²) >= 11 is 0. The first-order valence-corrected chi connectivity index (χ1v) is 8.54. The number of hydrogen-bond donors (Lipinski definition) is 2. The van der Waals surface area contributed by atoms with Crippen LogP contribution in [0.2, 0.25) is 0 Å². The Morgan fingerprint density at radius 3 is 2.43 bits per heavy atom. The zero-order valence-electron chi connectivity index (χ0n) is 14.8. The number of rotatable bonds is 8. The number of hydrogen-bond acceptors (Lipinski definition) is 3. The van der Waals surface area contributed by atoms with Gasteiger partial charge in [-0.2, -0.15) is 0 Å². The number of amides is 1. The molecule has 0 aliphatic carbocycles. The molecule has 0 aliphatic rings. The Bertz CT molecular complexity index is 453. The smallest absolute Gasteiger partial charge is 0.407 e. The van der Waals surface area contributed by atoms with Gasteiger partial charge in [0.05, 0.1) is 6.10 Å². The molecular formula is C19H31NO3. The van der Waals surface area contributed by atoms with Crippen molar-refractivity contribution in [1.82, 2.24) is 5.32 Å². The van der Waals surface area contributed by atoms with Gasteiger partial charge in [-0.05, 0) is 39.2 Å². The van der Waals surface area contributed by atoms with Gasteiger partial charge < -0.3 is 15.2 Å². The monoisotopic (exact) mass is 321 g/mol. The van der Waals surface area contributed by atoms with Crippen LogP contribution in [0, 0.1) is 0 Å². The number of nitrogens with one attached hydrogen (secondary N) is 1. The van der Waals surface area contributed by atoms with Crippen molar-refractivity contribution >= 4 is 6.09 Å². The minimum atomic E-state index is -0.585. The summed E-state index contributed by atoms with van der Waals surface area (Å²) in [6.07, 6.45) is 3.61. The molecule has 0 saturated carbocycles. The van der Waals surface area contributed by atoms with Crippen LogP contribution in [0.3, 0.4) is 0 Å². The zero-order chi connectivity index (χ0) is 17.3. The van der Waals surface area contributed by atoms with Crippen LogP contribution < -0.4 is 5.32 Å². The van der Waals surface area contributed by atoms with Gasteiger partial charge in [-0.1, -0.05) is 56.5 Å². The second-order valence-electron chi connectivity index (χ2n) is 7.00. The topological polar surface area (TPSA) is 58.6 Å². The van der Waals surface area contributed by atoms with Crippen molar-refractivity contribution in [3.8, 4) is 0 Å². The van der Waals surface area contributed by atoms with E-state index in [-0.39, 0.29) is 6.04 Å². The number of aliphatic hydroxyl groups excluding tert-OH is 1. The predicted octanol–water partition coefficient (Wildman–Crippen LogP) is 4.58. The molecule has 0 spiro atoms. The van der Waals surface area contributed by atoms with Crippen molar-refractivity contribution in [1.29, 1.82) is 0 Å². The summed E-state index contributed by atoms with van der Waals surface area (Å²) in [4.78, 5) is 12.0. The van der Waals surface area contributed by atoms with E-state index in [0.717, 1.165) is 31.2 Å². The van der Waals surface area contributed by atoms with E-state index in [9.17, 15) is 9.90 Å². The molecule has 2 N–H and O–H groups in total. The lowest BCUT2D eigenvalue weighted by Gasteiger charge is -2.25. The third-order valence-electron chi connectivity index (χ3n) is 3.57. The molecule has 0 bridgehead atoms. The molecule has 0 aromatic heterocycles.